The number of likely N-dealkylation sites (N-methyl/N-ethyl adjacent to an activating group) is 1. The van der Waals surface area contributed by atoms with E-state index in [2.05, 4.69) is 24.0 Å². The largest absolute Gasteiger partial charge is 0.396 e. The lowest BCUT2D eigenvalue weighted by Gasteiger charge is -2.39. The molecular weight excluding hydrogens is 254 g/mol. The van der Waals surface area contributed by atoms with Crippen LogP contribution in [0, 0.1) is 13.8 Å². The Labute approximate surface area is 120 Å². The first-order valence-corrected chi connectivity index (χ1v) is 7.21. The van der Waals surface area contributed by atoms with Crippen molar-refractivity contribution in [2.45, 2.75) is 39.8 Å². The van der Waals surface area contributed by atoms with Crippen molar-refractivity contribution >= 4 is 11.6 Å². The van der Waals surface area contributed by atoms with Crippen LogP contribution in [0.4, 0.5) is 5.69 Å². The first kappa shape index (κ1) is 14.8. The first-order valence-electron chi connectivity index (χ1n) is 7.21. The van der Waals surface area contributed by atoms with Crippen LogP contribution in [0.1, 0.15) is 24.7 Å². The lowest BCUT2D eigenvalue weighted by atomic mass is 10.1. The maximum Gasteiger partial charge on any atom is 0.244 e. The quantitative estimate of drug-likeness (QED) is 0.881. The maximum absolute atomic E-state index is 12.4. The molecule has 0 aromatic carbocycles. The number of rotatable bonds is 3. The lowest BCUT2D eigenvalue weighted by molar-refractivity contribution is -0.134. The van der Waals surface area contributed by atoms with Gasteiger partial charge in [0.25, 0.3) is 0 Å². The van der Waals surface area contributed by atoms with Gasteiger partial charge in [0.2, 0.25) is 5.91 Å². The van der Waals surface area contributed by atoms with Gasteiger partial charge in [-0.15, -0.1) is 0 Å². The zero-order valence-electron chi connectivity index (χ0n) is 12.9. The summed E-state index contributed by atoms with van der Waals surface area (Å²) in [7, 11) is 2.12. The van der Waals surface area contributed by atoms with E-state index < -0.39 is 0 Å². The molecule has 0 radical (unpaired) electrons. The fourth-order valence-corrected chi connectivity index (χ4v) is 2.71. The molecular formula is C14H25N5O. The van der Waals surface area contributed by atoms with E-state index in [0.29, 0.717) is 11.7 Å². The van der Waals surface area contributed by atoms with Gasteiger partial charge in [0, 0.05) is 25.7 Å². The molecule has 1 fully saturated rings. The molecule has 1 unspecified atom stereocenters. The summed E-state index contributed by atoms with van der Waals surface area (Å²) in [6, 6.07) is 0.457. The molecule has 1 saturated heterocycles. The summed E-state index contributed by atoms with van der Waals surface area (Å²) in [5.74, 6) is 0.127. The first-order chi connectivity index (χ1) is 9.43. The van der Waals surface area contributed by atoms with Gasteiger partial charge in [-0.05, 0) is 27.3 Å². The Morgan fingerprint density at radius 3 is 2.65 bits per heavy atom. The van der Waals surface area contributed by atoms with Gasteiger partial charge in [-0.3, -0.25) is 14.4 Å². The minimum atomic E-state index is 0.127. The van der Waals surface area contributed by atoms with Gasteiger partial charge < -0.3 is 10.6 Å². The van der Waals surface area contributed by atoms with E-state index in [0.717, 1.165) is 37.4 Å². The molecule has 1 aliphatic heterocycles. The topological polar surface area (TPSA) is 67.4 Å². The third kappa shape index (κ3) is 2.80. The van der Waals surface area contributed by atoms with Crippen LogP contribution in [0.5, 0.6) is 0 Å². The molecule has 1 amide bonds. The minimum Gasteiger partial charge on any atom is -0.396 e. The summed E-state index contributed by atoms with van der Waals surface area (Å²) in [5.41, 5.74) is 8.25. The molecule has 2 heterocycles. The van der Waals surface area contributed by atoms with E-state index in [9.17, 15) is 4.79 Å². The van der Waals surface area contributed by atoms with E-state index >= 15 is 0 Å². The SMILES string of the molecule is CCC1CN(C(=O)Cn2nc(C)c(N)c2C)CCN1C. The number of hydrogen-bond donors (Lipinski definition) is 1. The van der Waals surface area contributed by atoms with Crippen molar-refractivity contribution < 1.29 is 4.79 Å². The van der Waals surface area contributed by atoms with E-state index in [1.54, 1.807) is 4.68 Å². The second kappa shape index (κ2) is 5.83. The Kier molecular flexibility index (Phi) is 4.32. The number of aryl methyl sites for hydroxylation is 1. The number of aromatic nitrogens is 2. The molecule has 2 N–H and O–H groups in total. The summed E-state index contributed by atoms with van der Waals surface area (Å²) in [4.78, 5) is 16.7. The Bertz CT molecular complexity index is 496. The monoisotopic (exact) mass is 279 g/mol. The third-order valence-corrected chi connectivity index (χ3v) is 4.32. The number of nitrogens with two attached hydrogens (primary N) is 1. The number of carbonyl (C=O) groups excluding carboxylic acids is 1. The molecule has 1 aliphatic rings. The van der Waals surface area contributed by atoms with Gasteiger partial charge in [0.1, 0.15) is 6.54 Å². The van der Waals surface area contributed by atoms with Crippen LogP contribution in [0.2, 0.25) is 0 Å². The zero-order valence-corrected chi connectivity index (χ0v) is 12.9. The van der Waals surface area contributed by atoms with E-state index in [4.69, 9.17) is 5.73 Å². The van der Waals surface area contributed by atoms with Crippen molar-refractivity contribution in [3.05, 3.63) is 11.4 Å². The average molecular weight is 279 g/mol. The molecule has 6 nitrogen and oxygen atoms in total. The third-order valence-electron chi connectivity index (χ3n) is 4.32. The fraction of sp³-hybridized carbons (Fsp3) is 0.714. The summed E-state index contributed by atoms with van der Waals surface area (Å²) in [5, 5.41) is 4.33. The predicted octanol–water partition coefficient (Wildman–Crippen LogP) is 0.635. The number of carbonyl (C=O) groups is 1. The summed E-state index contributed by atoms with van der Waals surface area (Å²) in [6.07, 6.45) is 1.06. The van der Waals surface area contributed by atoms with Crippen molar-refractivity contribution in [2.75, 3.05) is 32.4 Å². The minimum absolute atomic E-state index is 0.127. The molecule has 112 valence electrons. The second-order valence-corrected chi connectivity index (χ2v) is 5.62. The molecule has 6 heteroatoms. The Morgan fingerprint density at radius 2 is 2.10 bits per heavy atom. The van der Waals surface area contributed by atoms with Gasteiger partial charge in [0.15, 0.2) is 0 Å². The number of nitrogen functional groups attached to an aromatic ring is 1. The van der Waals surface area contributed by atoms with Crippen LogP contribution in [-0.2, 0) is 11.3 Å². The fourth-order valence-electron chi connectivity index (χ4n) is 2.71. The zero-order chi connectivity index (χ0) is 14.9. The van der Waals surface area contributed by atoms with Gasteiger partial charge in [-0.2, -0.15) is 5.10 Å². The Hall–Kier alpha value is -1.56. The lowest BCUT2D eigenvalue weighted by Crippen LogP contribution is -2.53. The molecule has 0 spiro atoms. The summed E-state index contributed by atoms with van der Waals surface area (Å²) in [6.45, 7) is 8.75. The highest BCUT2D eigenvalue weighted by molar-refractivity contribution is 5.76. The standard InChI is InChI=1S/C14H25N5O/c1-5-12-8-18(7-6-17(12)4)13(20)9-19-11(3)14(15)10(2)16-19/h12H,5-9,15H2,1-4H3. The van der Waals surface area contributed by atoms with Crippen LogP contribution in [0.3, 0.4) is 0 Å². The molecule has 0 aliphatic carbocycles. The molecule has 1 aromatic rings. The van der Waals surface area contributed by atoms with Crippen LogP contribution in [-0.4, -0.2) is 58.2 Å². The highest BCUT2D eigenvalue weighted by atomic mass is 16.2. The number of amides is 1. The van der Waals surface area contributed by atoms with Crippen molar-refractivity contribution in [1.82, 2.24) is 19.6 Å². The van der Waals surface area contributed by atoms with Crippen LogP contribution in [0.15, 0.2) is 0 Å². The normalized spacial score (nSPS) is 20.4. The molecule has 1 aromatic heterocycles. The molecule has 1 atom stereocenters. The van der Waals surface area contributed by atoms with Crippen LogP contribution in [0.25, 0.3) is 0 Å². The molecule has 0 bridgehead atoms. The number of piperazine rings is 1. The van der Waals surface area contributed by atoms with Crippen molar-refractivity contribution in [1.29, 1.82) is 0 Å². The highest BCUT2D eigenvalue weighted by Crippen LogP contribution is 2.16. The van der Waals surface area contributed by atoms with E-state index in [1.165, 1.54) is 0 Å². The summed E-state index contributed by atoms with van der Waals surface area (Å²) >= 11 is 0. The van der Waals surface area contributed by atoms with E-state index in [1.807, 2.05) is 18.7 Å². The maximum atomic E-state index is 12.4. The summed E-state index contributed by atoms with van der Waals surface area (Å²) < 4.78 is 1.71. The average Bonchev–Trinajstić information content (AvgIpc) is 2.66. The molecule has 20 heavy (non-hydrogen) atoms. The van der Waals surface area contributed by atoms with Gasteiger partial charge in [0.05, 0.1) is 17.1 Å². The van der Waals surface area contributed by atoms with Crippen LogP contribution >= 0.6 is 0 Å². The number of anilines is 1. The van der Waals surface area contributed by atoms with Crippen molar-refractivity contribution in [2.24, 2.45) is 0 Å². The second-order valence-electron chi connectivity index (χ2n) is 5.62. The van der Waals surface area contributed by atoms with Gasteiger partial charge in [-0.1, -0.05) is 6.92 Å². The van der Waals surface area contributed by atoms with E-state index in [-0.39, 0.29) is 12.5 Å². The van der Waals surface area contributed by atoms with Gasteiger partial charge >= 0.3 is 0 Å². The van der Waals surface area contributed by atoms with Crippen molar-refractivity contribution in [3.8, 4) is 0 Å². The Morgan fingerprint density at radius 1 is 1.40 bits per heavy atom. The van der Waals surface area contributed by atoms with Gasteiger partial charge in [-0.25, -0.2) is 0 Å². The highest BCUT2D eigenvalue weighted by Gasteiger charge is 2.26. The smallest absolute Gasteiger partial charge is 0.244 e. The van der Waals surface area contributed by atoms with Crippen LogP contribution < -0.4 is 5.73 Å². The van der Waals surface area contributed by atoms with Crippen molar-refractivity contribution in [3.63, 3.8) is 0 Å². The molecule has 2 rings (SSSR count). The number of nitrogens with zero attached hydrogens (tertiary/aromatic N) is 4. The number of hydrogen-bond acceptors (Lipinski definition) is 4. The predicted molar refractivity (Wildman–Crippen MR) is 79.4 cm³/mol. The molecule has 0 saturated carbocycles. The Balaban J connectivity index is 2.03.